The third-order valence-electron chi connectivity index (χ3n) is 3.35. The van der Waals surface area contributed by atoms with E-state index >= 15 is 0 Å². The zero-order valence-corrected chi connectivity index (χ0v) is 12.2. The molecule has 106 valence electrons. The molecule has 2 heterocycles. The average Bonchev–Trinajstić information content (AvgIpc) is 3.14. The molecule has 4 nitrogen and oxygen atoms in total. The second-order valence-electron chi connectivity index (χ2n) is 5.10. The summed E-state index contributed by atoms with van der Waals surface area (Å²) in [6.07, 6.45) is 4.06. The summed E-state index contributed by atoms with van der Waals surface area (Å²) in [4.78, 5) is 10.2. The lowest BCUT2D eigenvalue weighted by Crippen LogP contribution is -2.22. The zero-order valence-electron chi connectivity index (χ0n) is 11.3. The Hall–Kier alpha value is -1.53. The molecule has 1 aliphatic carbocycles. The number of anilines is 1. The largest absolute Gasteiger partial charge is 0.351 e. The summed E-state index contributed by atoms with van der Waals surface area (Å²) in [5.41, 5.74) is 3.38. The van der Waals surface area contributed by atoms with Gasteiger partial charge >= 0.3 is 0 Å². The number of pyridine rings is 1. The van der Waals surface area contributed by atoms with Crippen LogP contribution >= 0.6 is 11.3 Å². The molecule has 0 unspecified atom stereocenters. The van der Waals surface area contributed by atoms with E-state index in [0.29, 0.717) is 30.5 Å². The fourth-order valence-corrected chi connectivity index (χ4v) is 2.60. The summed E-state index contributed by atoms with van der Waals surface area (Å²) in [6, 6.07) is 2.31. The molecule has 0 bridgehead atoms. The Labute approximate surface area is 121 Å². The van der Waals surface area contributed by atoms with Gasteiger partial charge in [-0.2, -0.15) is 0 Å². The van der Waals surface area contributed by atoms with Crippen molar-refractivity contribution < 1.29 is 4.39 Å². The molecule has 1 N–H and O–H groups in total. The molecule has 0 saturated heterocycles. The van der Waals surface area contributed by atoms with Gasteiger partial charge in [0, 0.05) is 36.8 Å². The highest BCUT2D eigenvalue weighted by atomic mass is 32.1. The number of nitrogens with one attached hydrogen (secondary N) is 1. The third-order valence-corrected chi connectivity index (χ3v) is 3.99. The van der Waals surface area contributed by atoms with Gasteiger partial charge in [-0.15, -0.1) is 11.3 Å². The maximum atomic E-state index is 14.5. The number of thiazole rings is 1. The van der Waals surface area contributed by atoms with Crippen molar-refractivity contribution in [1.29, 1.82) is 0 Å². The lowest BCUT2D eigenvalue weighted by Gasteiger charge is -2.18. The first-order chi connectivity index (χ1) is 9.74. The van der Waals surface area contributed by atoms with Gasteiger partial charge in [-0.3, -0.25) is 0 Å². The van der Waals surface area contributed by atoms with Crippen molar-refractivity contribution >= 4 is 17.2 Å². The van der Waals surface area contributed by atoms with Gasteiger partial charge in [0.25, 0.3) is 0 Å². The van der Waals surface area contributed by atoms with E-state index in [1.807, 2.05) is 12.4 Å². The average molecular weight is 292 g/mol. The molecule has 0 amide bonds. The van der Waals surface area contributed by atoms with Crippen LogP contribution in [-0.2, 0) is 13.1 Å². The minimum atomic E-state index is -0.238. The van der Waals surface area contributed by atoms with Gasteiger partial charge in [0.05, 0.1) is 17.7 Å². The Morgan fingerprint density at radius 1 is 1.45 bits per heavy atom. The van der Waals surface area contributed by atoms with Gasteiger partial charge in [0.15, 0.2) is 11.6 Å². The van der Waals surface area contributed by atoms with Crippen molar-refractivity contribution in [2.45, 2.75) is 32.0 Å². The van der Waals surface area contributed by atoms with E-state index in [-0.39, 0.29) is 5.82 Å². The molecule has 1 saturated carbocycles. The Kier molecular flexibility index (Phi) is 3.93. The first-order valence-corrected chi connectivity index (χ1v) is 7.63. The van der Waals surface area contributed by atoms with Crippen LogP contribution in [0.2, 0.25) is 0 Å². The van der Waals surface area contributed by atoms with E-state index in [0.717, 1.165) is 5.69 Å². The predicted octanol–water partition coefficient (Wildman–Crippen LogP) is 2.57. The van der Waals surface area contributed by atoms with E-state index < -0.39 is 0 Å². The molecule has 0 aromatic carbocycles. The fraction of sp³-hybridized carbons (Fsp3) is 0.429. The van der Waals surface area contributed by atoms with E-state index in [4.69, 9.17) is 0 Å². The Morgan fingerprint density at radius 3 is 3.00 bits per heavy atom. The highest BCUT2D eigenvalue weighted by Gasteiger charge is 2.21. The quantitative estimate of drug-likeness (QED) is 0.888. The summed E-state index contributed by atoms with van der Waals surface area (Å²) < 4.78 is 14.5. The number of halogens is 1. The maximum Gasteiger partial charge on any atom is 0.170 e. The third kappa shape index (κ3) is 3.13. The fourth-order valence-electron chi connectivity index (χ4n) is 2.05. The SMILES string of the molecule is CN(Cc1cscn1)c1nccc(CNC2CC2)c1F. The lowest BCUT2D eigenvalue weighted by molar-refractivity contribution is 0.577. The number of rotatable bonds is 6. The van der Waals surface area contributed by atoms with Crippen molar-refractivity contribution in [3.8, 4) is 0 Å². The molecule has 3 rings (SSSR count). The summed E-state index contributed by atoms with van der Waals surface area (Å²) in [5, 5.41) is 5.29. The van der Waals surface area contributed by atoms with Crippen LogP contribution in [-0.4, -0.2) is 23.1 Å². The van der Waals surface area contributed by atoms with Gasteiger partial charge in [-0.25, -0.2) is 14.4 Å². The van der Waals surface area contributed by atoms with Crippen LogP contribution in [0.1, 0.15) is 24.1 Å². The first kappa shape index (κ1) is 13.5. The summed E-state index contributed by atoms with van der Waals surface area (Å²) in [7, 11) is 1.84. The van der Waals surface area contributed by atoms with Crippen molar-refractivity contribution in [3.05, 3.63) is 40.2 Å². The molecule has 0 spiro atoms. The highest BCUT2D eigenvalue weighted by molar-refractivity contribution is 7.07. The van der Waals surface area contributed by atoms with Crippen LogP contribution in [0.25, 0.3) is 0 Å². The second kappa shape index (κ2) is 5.85. The van der Waals surface area contributed by atoms with Crippen molar-refractivity contribution in [2.24, 2.45) is 0 Å². The highest BCUT2D eigenvalue weighted by Crippen LogP contribution is 2.23. The standard InChI is InChI=1S/C14H17FN4S/c1-19(7-12-8-20-9-18-12)14-13(15)10(4-5-16-14)6-17-11-2-3-11/h4-5,8-9,11,17H,2-3,6-7H2,1H3. The molecule has 6 heteroatoms. The monoisotopic (exact) mass is 292 g/mol. The Morgan fingerprint density at radius 2 is 2.30 bits per heavy atom. The number of hydrogen-bond donors (Lipinski definition) is 1. The molecule has 0 atom stereocenters. The van der Waals surface area contributed by atoms with Gasteiger partial charge in [0.1, 0.15) is 0 Å². The van der Waals surface area contributed by atoms with E-state index in [9.17, 15) is 4.39 Å². The summed E-state index contributed by atoms with van der Waals surface area (Å²) in [5.74, 6) is 0.145. The molecular formula is C14H17FN4S. The minimum absolute atomic E-state index is 0.238. The lowest BCUT2D eigenvalue weighted by atomic mass is 10.2. The van der Waals surface area contributed by atoms with E-state index in [1.54, 1.807) is 34.0 Å². The van der Waals surface area contributed by atoms with Crippen LogP contribution in [0, 0.1) is 5.82 Å². The minimum Gasteiger partial charge on any atom is -0.351 e. The number of aromatic nitrogens is 2. The molecule has 1 aliphatic rings. The summed E-state index contributed by atoms with van der Waals surface area (Å²) >= 11 is 1.54. The van der Waals surface area contributed by atoms with Crippen molar-refractivity contribution in [1.82, 2.24) is 15.3 Å². The Bertz CT molecular complexity index is 569. The van der Waals surface area contributed by atoms with Crippen LogP contribution in [0.15, 0.2) is 23.2 Å². The van der Waals surface area contributed by atoms with Gasteiger partial charge in [-0.1, -0.05) is 0 Å². The molecule has 1 fully saturated rings. The summed E-state index contributed by atoms with van der Waals surface area (Å²) in [6.45, 7) is 1.13. The van der Waals surface area contributed by atoms with Crippen LogP contribution in [0.4, 0.5) is 10.2 Å². The predicted molar refractivity (Wildman–Crippen MR) is 78.3 cm³/mol. The molecular weight excluding hydrogens is 275 g/mol. The van der Waals surface area contributed by atoms with Crippen LogP contribution in [0.5, 0.6) is 0 Å². The van der Waals surface area contributed by atoms with Crippen LogP contribution < -0.4 is 10.2 Å². The van der Waals surface area contributed by atoms with E-state index in [2.05, 4.69) is 15.3 Å². The molecule has 2 aromatic heterocycles. The zero-order chi connectivity index (χ0) is 13.9. The maximum absolute atomic E-state index is 14.5. The van der Waals surface area contributed by atoms with Crippen molar-refractivity contribution in [2.75, 3.05) is 11.9 Å². The normalized spacial score (nSPS) is 14.5. The van der Waals surface area contributed by atoms with Gasteiger partial charge in [-0.05, 0) is 18.9 Å². The second-order valence-corrected chi connectivity index (χ2v) is 5.82. The topological polar surface area (TPSA) is 41.1 Å². The van der Waals surface area contributed by atoms with Gasteiger partial charge in [0.2, 0.25) is 0 Å². The van der Waals surface area contributed by atoms with Crippen molar-refractivity contribution in [3.63, 3.8) is 0 Å². The smallest absolute Gasteiger partial charge is 0.170 e. The molecule has 20 heavy (non-hydrogen) atoms. The Balaban J connectivity index is 1.72. The molecule has 2 aromatic rings. The van der Waals surface area contributed by atoms with E-state index in [1.165, 1.54) is 12.8 Å². The molecule has 0 radical (unpaired) electrons. The molecule has 0 aliphatic heterocycles. The van der Waals surface area contributed by atoms with Gasteiger partial charge < -0.3 is 10.2 Å². The van der Waals surface area contributed by atoms with Crippen LogP contribution in [0.3, 0.4) is 0 Å². The number of hydrogen-bond acceptors (Lipinski definition) is 5. The first-order valence-electron chi connectivity index (χ1n) is 6.69. The number of nitrogens with zero attached hydrogens (tertiary/aromatic N) is 3.